The van der Waals surface area contributed by atoms with Crippen LogP contribution in [0.4, 0.5) is 4.39 Å². The van der Waals surface area contributed by atoms with Gasteiger partial charge in [-0.2, -0.15) is 0 Å². The molecule has 1 unspecified atom stereocenters. The molecule has 19 heavy (non-hydrogen) atoms. The molecule has 0 bridgehead atoms. The number of aliphatic hydroxyl groups is 1. The Labute approximate surface area is 121 Å². The van der Waals surface area contributed by atoms with E-state index in [0.29, 0.717) is 10.9 Å². The summed E-state index contributed by atoms with van der Waals surface area (Å²) in [5.41, 5.74) is 2.88. The summed E-state index contributed by atoms with van der Waals surface area (Å²) in [6.07, 6.45) is 0.773. The zero-order valence-electron chi connectivity index (χ0n) is 10.7. The lowest BCUT2D eigenvalue weighted by Crippen LogP contribution is -2.02. The van der Waals surface area contributed by atoms with E-state index in [2.05, 4.69) is 22.9 Å². The predicted molar refractivity (Wildman–Crippen MR) is 78.6 cm³/mol. The monoisotopic (exact) mass is 322 g/mol. The molecule has 1 N–H and O–H groups in total. The van der Waals surface area contributed by atoms with E-state index in [1.807, 2.05) is 30.3 Å². The second-order valence-corrected chi connectivity index (χ2v) is 5.51. The fourth-order valence-electron chi connectivity index (χ4n) is 2.05. The Balaban J connectivity index is 2.13. The van der Waals surface area contributed by atoms with Crippen LogP contribution in [0.2, 0.25) is 0 Å². The van der Waals surface area contributed by atoms with Crippen molar-refractivity contribution in [3.8, 4) is 0 Å². The van der Waals surface area contributed by atoms with Gasteiger partial charge in [-0.1, -0.05) is 47.1 Å². The molecule has 0 radical (unpaired) electrons. The van der Waals surface area contributed by atoms with Crippen molar-refractivity contribution in [3.05, 3.63) is 69.4 Å². The fraction of sp³-hybridized carbons (Fsp3) is 0.250. The van der Waals surface area contributed by atoms with Crippen LogP contribution in [0.5, 0.6) is 0 Å². The van der Waals surface area contributed by atoms with E-state index in [4.69, 9.17) is 0 Å². The summed E-state index contributed by atoms with van der Waals surface area (Å²) < 4.78 is 14.0. The first-order valence-corrected chi connectivity index (χ1v) is 7.09. The smallest absolute Gasteiger partial charge is 0.124 e. The minimum absolute atomic E-state index is 0.294. The average Bonchev–Trinajstić information content (AvgIpc) is 2.37. The fourth-order valence-corrected chi connectivity index (χ4v) is 2.56. The molecule has 0 aliphatic carbocycles. The molecule has 0 aliphatic heterocycles. The van der Waals surface area contributed by atoms with Gasteiger partial charge in [0.1, 0.15) is 5.82 Å². The van der Waals surface area contributed by atoms with Crippen LogP contribution in [0.25, 0.3) is 0 Å². The van der Waals surface area contributed by atoms with Crippen molar-refractivity contribution in [2.45, 2.75) is 25.9 Å². The largest absolute Gasteiger partial charge is 0.388 e. The summed E-state index contributed by atoms with van der Waals surface area (Å²) in [6.45, 7) is 2.09. The van der Waals surface area contributed by atoms with E-state index in [1.165, 1.54) is 17.7 Å². The molecule has 2 aromatic carbocycles. The third kappa shape index (κ3) is 3.88. The first kappa shape index (κ1) is 14.2. The maximum atomic E-state index is 13.3. The molecule has 100 valence electrons. The van der Waals surface area contributed by atoms with Gasteiger partial charge in [0.15, 0.2) is 0 Å². The molecular weight excluding hydrogens is 307 g/mol. The number of benzene rings is 2. The van der Waals surface area contributed by atoms with Gasteiger partial charge in [-0.25, -0.2) is 4.39 Å². The van der Waals surface area contributed by atoms with Crippen molar-refractivity contribution in [3.63, 3.8) is 0 Å². The Morgan fingerprint density at radius 3 is 2.37 bits per heavy atom. The topological polar surface area (TPSA) is 20.2 Å². The molecule has 0 heterocycles. The molecule has 2 rings (SSSR count). The van der Waals surface area contributed by atoms with Crippen LogP contribution in [0.3, 0.4) is 0 Å². The second kappa shape index (κ2) is 6.31. The van der Waals surface area contributed by atoms with Gasteiger partial charge in [-0.15, -0.1) is 0 Å². The van der Waals surface area contributed by atoms with E-state index < -0.39 is 6.10 Å². The lowest BCUT2D eigenvalue weighted by Gasteiger charge is -2.12. The zero-order valence-corrected chi connectivity index (χ0v) is 12.3. The molecule has 0 fully saturated rings. The Kier molecular flexibility index (Phi) is 4.72. The van der Waals surface area contributed by atoms with Crippen molar-refractivity contribution in [1.82, 2.24) is 0 Å². The van der Waals surface area contributed by atoms with Crippen LogP contribution in [-0.2, 0) is 12.8 Å². The van der Waals surface area contributed by atoms with Crippen molar-refractivity contribution >= 4 is 15.9 Å². The molecule has 2 aromatic rings. The summed E-state index contributed by atoms with van der Waals surface area (Å²) in [6, 6.07) is 12.6. The van der Waals surface area contributed by atoms with Gasteiger partial charge in [-0.3, -0.25) is 0 Å². The molecule has 0 aliphatic rings. The van der Waals surface area contributed by atoms with Crippen LogP contribution >= 0.6 is 15.9 Å². The van der Waals surface area contributed by atoms with Gasteiger partial charge in [-0.05, 0) is 41.3 Å². The quantitative estimate of drug-likeness (QED) is 0.883. The third-order valence-corrected chi connectivity index (χ3v) is 3.58. The summed E-state index contributed by atoms with van der Waals surface area (Å²) >= 11 is 3.26. The highest BCUT2D eigenvalue weighted by atomic mass is 79.9. The Morgan fingerprint density at radius 1 is 1.11 bits per heavy atom. The Hall–Kier alpha value is -1.19. The van der Waals surface area contributed by atoms with Gasteiger partial charge in [0.2, 0.25) is 0 Å². The molecule has 0 spiro atoms. The van der Waals surface area contributed by atoms with Crippen molar-refractivity contribution in [1.29, 1.82) is 0 Å². The van der Waals surface area contributed by atoms with E-state index in [9.17, 15) is 9.50 Å². The SMILES string of the molecule is CCc1ccc(C(O)Cc2cc(F)cc(Br)c2)cc1. The van der Waals surface area contributed by atoms with Crippen molar-refractivity contribution < 1.29 is 9.50 Å². The van der Waals surface area contributed by atoms with Gasteiger partial charge in [0.05, 0.1) is 6.10 Å². The van der Waals surface area contributed by atoms with Gasteiger partial charge in [0.25, 0.3) is 0 Å². The summed E-state index contributed by atoms with van der Waals surface area (Å²) in [7, 11) is 0. The van der Waals surface area contributed by atoms with Crippen LogP contribution in [0, 0.1) is 5.82 Å². The van der Waals surface area contributed by atoms with E-state index in [0.717, 1.165) is 17.5 Å². The predicted octanol–water partition coefficient (Wildman–Crippen LogP) is 4.43. The zero-order chi connectivity index (χ0) is 13.8. The lowest BCUT2D eigenvalue weighted by molar-refractivity contribution is 0.178. The number of hydrogen-bond donors (Lipinski definition) is 1. The van der Waals surface area contributed by atoms with Crippen LogP contribution in [-0.4, -0.2) is 5.11 Å². The number of aliphatic hydroxyl groups excluding tert-OH is 1. The molecule has 0 amide bonds. The second-order valence-electron chi connectivity index (χ2n) is 4.59. The normalized spacial score (nSPS) is 12.4. The number of rotatable bonds is 4. The minimum Gasteiger partial charge on any atom is -0.388 e. The molecule has 0 aromatic heterocycles. The number of halogens is 2. The van der Waals surface area contributed by atoms with Gasteiger partial charge < -0.3 is 5.11 Å². The Bertz CT molecular complexity index is 531. The van der Waals surface area contributed by atoms with Crippen LogP contribution < -0.4 is 0 Å². The maximum Gasteiger partial charge on any atom is 0.124 e. The molecule has 0 saturated heterocycles. The highest BCUT2D eigenvalue weighted by Gasteiger charge is 2.10. The van der Waals surface area contributed by atoms with Crippen molar-refractivity contribution in [2.24, 2.45) is 0 Å². The van der Waals surface area contributed by atoms with Gasteiger partial charge in [0, 0.05) is 10.9 Å². The summed E-state index contributed by atoms with van der Waals surface area (Å²) in [5, 5.41) is 10.2. The minimum atomic E-state index is -0.611. The molecule has 0 saturated carbocycles. The Morgan fingerprint density at radius 2 is 1.79 bits per heavy atom. The number of hydrogen-bond acceptors (Lipinski definition) is 1. The summed E-state index contributed by atoms with van der Waals surface area (Å²) in [4.78, 5) is 0. The van der Waals surface area contributed by atoms with Crippen LogP contribution in [0.1, 0.15) is 29.7 Å². The van der Waals surface area contributed by atoms with E-state index >= 15 is 0 Å². The highest BCUT2D eigenvalue weighted by molar-refractivity contribution is 9.10. The molecule has 3 heteroatoms. The first-order valence-electron chi connectivity index (χ1n) is 6.30. The van der Waals surface area contributed by atoms with Crippen molar-refractivity contribution in [2.75, 3.05) is 0 Å². The average molecular weight is 323 g/mol. The highest BCUT2D eigenvalue weighted by Crippen LogP contribution is 2.22. The lowest BCUT2D eigenvalue weighted by atomic mass is 10.00. The van der Waals surface area contributed by atoms with E-state index in [-0.39, 0.29) is 5.82 Å². The maximum absolute atomic E-state index is 13.3. The number of aryl methyl sites for hydroxylation is 1. The summed E-state index contributed by atoms with van der Waals surface area (Å²) in [5.74, 6) is -0.294. The van der Waals surface area contributed by atoms with E-state index in [1.54, 1.807) is 0 Å². The van der Waals surface area contributed by atoms with Gasteiger partial charge >= 0.3 is 0 Å². The first-order chi connectivity index (χ1) is 9.08. The van der Waals surface area contributed by atoms with Crippen LogP contribution in [0.15, 0.2) is 46.9 Å². The third-order valence-electron chi connectivity index (χ3n) is 3.12. The molecule has 1 nitrogen and oxygen atoms in total. The molecule has 1 atom stereocenters. The molecular formula is C16H16BrFO. The standard InChI is InChI=1S/C16H16BrFO/c1-2-11-3-5-13(6-4-11)16(19)9-12-7-14(17)10-15(18)8-12/h3-8,10,16,19H,2,9H2,1H3.